The van der Waals surface area contributed by atoms with Crippen LogP contribution in [-0.4, -0.2) is 53.2 Å². The van der Waals surface area contributed by atoms with Gasteiger partial charge in [-0.1, -0.05) is 18.0 Å². The van der Waals surface area contributed by atoms with Gasteiger partial charge in [0.2, 0.25) is 5.96 Å². The summed E-state index contributed by atoms with van der Waals surface area (Å²) in [6, 6.07) is 0.791. The highest BCUT2D eigenvalue weighted by molar-refractivity contribution is 5.77. The van der Waals surface area contributed by atoms with Gasteiger partial charge < -0.3 is 15.8 Å². The lowest BCUT2D eigenvalue weighted by Crippen LogP contribution is -2.53. The van der Waals surface area contributed by atoms with Crippen molar-refractivity contribution in [2.75, 3.05) is 26.2 Å². The topological polar surface area (TPSA) is 65.1 Å². The van der Waals surface area contributed by atoms with Gasteiger partial charge in [0.05, 0.1) is 0 Å². The van der Waals surface area contributed by atoms with Crippen LogP contribution in [0.2, 0.25) is 0 Å². The van der Waals surface area contributed by atoms with Gasteiger partial charge in [-0.15, -0.1) is 0 Å². The summed E-state index contributed by atoms with van der Waals surface area (Å²) in [5.74, 6) is 0.251. The van der Waals surface area contributed by atoms with Crippen molar-refractivity contribution in [3.05, 3.63) is 0 Å². The van der Waals surface area contributed by atoms with Crippen LogP contribution < -0.4 is 5.73 Å². The standard InChI is InChI=1S/C10H20N4O/c11-10(12-15)14-7-5-13(6-8-14)9-3-1-2-4-9/h9,15H,1-8H2,(H2,11,12). The summed E-state index contributed by atoms with van der Waals surface area (Å²) in [6.07, 6.45) is 5.46. The number of hydrogen-bond donors (Lipinski definition) is 2. The molecule has 2 fully saturated rings. The Morgan fingerprint density at radius 2 is 1.73 bits per heavy atom. The van der Waals surface area contributed by atoms with Crippen molar-refractivity contribution < 1.29 is 5.21 Å². The van der Waals surface area contributed by atoms with Crippen LogP contribution in [0.25, 0.3) is 0 Å². The predicted octanol–water partition coefficient (Wildman–Crippen LogP) is 0.250. The highest BCUT2D eigenvalue weighted by Gasteiger charge is 2.26. The SMILES string of the molecule is NC(=NO)N1CCN(C2CCCC2)CC1. The summed E-state index contributed by atoms with van der Waals surface area (Å²) < 4.78 is 0. The molecule has 1 saturated carbocycles. The zero-order valence-electron chi connectivity index (χ0n) is 9.10. The van der Waals surface area contributed by atoms with E-state index in [0.717, 1.165) is 32.2 Å². The molecule has 1 saturated heterocycles. The molecule has 5 heteroatoms. The van der Waals surface area contributed by atoms with Gasteiger partial charge in [0, 0.05) is 32.2 Å². The molecule has 0 aromatic carbocycles. The van der Waals surface area contributed by atoms with Crippen molar-refractivity contribution >= 4 is 5.96 Å². The molecular formula is C10H20N4O. The van der Waals surface area contributed by atoms with Crippen molar-refractivity contribution in [3.8, 4) is 0 Å². The Labute approximate surface area is 90.5 Å². The average Bonchev–Trinajstić information content (AvgIpc) is 2.82. The van der Waals surface area contributed by atoms with Gasteiger partial charge in [0.15, 0.2) is 0 Å². The summed E-state index contributed by atoms with van der Waals surface area (Å²) in [5.41, 5.74) is 5.55. The molecular weight excluding hydrogens is 192 g/mol. The highest BCUT2D eigenvalue weighted by atomic mass is 16.4. The van der Waals surface area contributed by atoms with Crippen molar-refractivity contribution in [2.45, 2.75) is 31.7 Å². The van der Waals surface area contributed by atoms with Crippen molar-refractivity contribution in [1.82, 2.24) is 9.80 Å². The van der Waals surface area contributed by atoms with Crippen molar-refractivity contribution in [2.24, 2.45) is 10.9 Å². The minimum atomic E-state index is 0.251. The lowest BCUT2D eigenvalue weighted by molar-refractivity contribution is 0.131. The van der Waals surface area contributed by atoms with E-state index < -0.39 is 0 Å². The van der Waals surface area contributed by atoms with Crippen molar-refractivity contribution in [1.29, 1.82) is 0 Å². The molecule has 0 bridgehead atoms. The van der Waals surface area contributed by atoms with Crippen LogP contribution in [0.15, 0.2) is 5.16 Å². The molecule has 3 N–H and O–H groups in total. The first kappa shape index (κ1) is 10.5. The third-order valence-electron chi connectivity index (χ3n) is 3.58. The summed E-state index contributed by atoms with van der Waals surface area (Å²) in [6.45, 7) is 3.85. The third kappa shape index (κ3) is 2.34. The van der Waals surface area contributed by atoms with Crippen LogP contribution in [0.4, 0.5) is 0 Å². The molecule has 0 spiro atoms. The number of guanidine groups is 1. The number of hydrogen-bond acceptors (Lipinski definition) is 3. The van der Waals surface area contributed by atoms with E-state index >= 15 is 0 Å². The van der Waals surface area contributed by atoms with E-state index in [1.165, 1.54) is 25.7 Å². The maximum absolute atomic E-state index is 8.57. The van der Waals surface area contributed by atoms with E-state index in [1.807, 2.05) is 4.90 Å². The van der Waals surface area contributed by atoms with Gasteiger partial charge in [-0.25, -0.2) is 0 Å². The lowest BCUT2D eigenvalue weighted by Gasteiger charge is -2.38. The summed E-state index contributed by atoms with van der Waals surface area (Å²) in [4.78, 5) is 4.49. The van der Waals surface area contributed by atoms with Gasteiger partial charge in [0.1, 0.15) is 0 Å². The van der Waals surface area contributed by atoms with Gasteiger partial charge in [-0.2, -0.15) is 0 Å². The molecule has 1 aliphatic heterocycles. The number of rotatable bonds is 1. The molecule has 0 unspecified atom stereocenters. The molecule has 0 atom stereocenters. The zero-order chi connectivity index (χ0) is 10.7. The van der Waals surface area contributed by atoms with Gasteiger partial charge in [-0.05, 0) is 12.8 Å². The van der Waals surface area contributed by atoms with Crippen LogP contribution >= 0.6 is 0 Å². The largest absolute Gasteiger partial charge is 0.408 e. The Kier molecular flexibility index (Phi) is 3.30. The fraction of sp³-hybridized carbons (Fsp3) is 0.900. The molecule has 0 amide bonds. The molecule has 2 rings (SSSR count). The first-order valence-electron chi connectivity index (χ1n) is 5.78. The molecule has 0 radical (unpaired) electrons. The molecule has 5 nitrogen and oxygen atoms in total. The summed E-state index contributed by atoms with van der Waals surface area (Å²) >= 11 is 0. The number of nitrogens with two attached hydrogens (primary N) is 1. The first-order valence-corrected chi connectivity index (χ1v) is 5.78. The van der Waals surface area contributed by atoms with E-state index in [9.17, 15) is 0 Å². The second-order valence-electron chi connectivity index (χ2n) is 4.42. The Bertz CT molecular complexity index is 230. The van der Waals surface area contributed by atoms with Gasteiger partial charge >= 0.3 is 0 Å². The molecule has 0 aromatic heterocycles. The van der Waals surface area contributed by atoms with E-state index in [2.05, 4.69) is 10.1 Å². The van der Waals surface area contributed by atoms with Crippen LogP contribution in [0.5, 0.6) is 0 Å². The third-order valence-corrected chi connectivity index (χ3v) is 3.58. The zero-order valence-corrected chi connectivity index (χ0v) is 9.10. The van der Waals surface area contributed by atoms with E-state index in [4.69, 9.17) is 10.9 Å². The van der Waals surface area contributed by atoms with Crippen LogP contribution in [-0.2, 0) is 0 Å². The van der Waals surface area contributed by atoms with E-state index in [0.29, 0.717) is 0 Å². The van der Waals surface area contributed by atoms with Crippen LogP contribution in [0.3, 0.4) is 0 Å². The molecule has 0 aromatic rings. The maximum Gasteiger partial charge on any atom is 0.233 e. The summed E-state index contributed by atoms with van der Waals surface area (Å²) in [5, 5.41) is 11.6. The van der Waals surface area contributed by atoms with Crippen LogP contribution in [0, 0.1) is 0 Å². The van der Waals surface area contributed by atoms with Crippen LogP contribution in [0.1, 0.15) is 25.7 Å². The number of nitrogens with zero attached hydrogens (tertiary/aromatic N) is 3. The second kappa shape index (κ2) is 4.70. The molecule has 86 valence electrons. The molecule has 1 heterocycles. The Morgan fingerprint density at radius 1 is 1.13 bits per heavy atom. The molecule has 2 aliphatic rings. The summed E-state index contributed by atoms with van der Waals surface area (Å²) in [7, 11) is 0. The average molecular weight is 212 g/mol. The quantitative estimate of drug-likeness (QED) is 0.283. The van der Waals surface area contributed by atoms with Gasteiger partial charge in [-0.3, -0.25) is 4.90 Å². The minimum Gasteiger partial charge on any atom is -0.408 e. The number of piperazine rings is 1. The first-order chi connectivity index (χ1) is 7.31. The minimum absolute atomic E-state index is 0.251. The smallest absolute Gasteiger partial charge is 0.233 e. The maximum atomic E-state index is 8.57. The monoisotopic (exact) mass is 212 g/mol. The lowest BCUT2D eigenvalue weighted by atomic mass is 10.2. The Balaban J connectivity index is 1.81. The van der Waals surface area contributed by atoms with Gasteiger partial charge in [0.25, 0.3) is 0 Å². The molecule has 1 aliphatic carbocycles. The number of oxime groups is 1. The second-order valence-corrected chi connectivity index (χ2v) is 4.42. The van der Waals surface area contributed by atoms with E-state index in [-0.39, 0.29) is 5.96 Å². The fourth-order valence-corrected chi connectivity index (χ4v) is 2.65. The van der Waals surface area contributed by atoms with E-state index in [1.54, 1.807) is 0 Å². The van der Waals surface area contributed by atoms with Crippen molar-refractivity contribution in [3.63, 3.8) is 0 Å². The molecule has 15 heavy (non-hydrogen) atoms. The highest BCUT2D eigenvalue weighted by Crippen LogP contribution is 2.24. The Morgan fingerprint density at radius 3 is 2.27 bits per heavy atom. The fourth-order valence-electron chi connectivity index (χ4n) is 2.65. The normalized spacial score (nSPS) is 26.1. The predicted molar refractivity (Wildman–Crippen MR) is 58.8 cm³/mol. The Hall–Kier alpha value is -0.970.